The van der Waals surface area contributed by atoms with Gasteiger partial charge in [-0.25, -0.2) is 9.64 Å². The van der Waals surface area contributed by atoms with Crippen LogP contribution < -0.4 is 0 Å². The quantitative estimate of drug-likeness (QED) is 0.597. The van der Waals surface area contributed by atoms with Crippen LogP contribution in [0.2, 0.25) is 5.02 Å². The minimum atomic E-state index is -0.640. The van der Waals surface area contributed by atoms with Crippen molar-refractivity contribution in [3.05, 3.63) is 28.5 Å². The maximum absolute atomic E-state index is 11.5. The Morgan fingerprint density at radius 2 is 2.41 bits per heavy atom. The average molecular weight is 252 g/mol. The van der Waals surface area contributed by atoms with Gasteiger partial charge in [0.05, 0.1) is 24.4 Å². The Morgan fingerprint density at radius 1 is 1.65 bits per heavy atom. The van der Waals surface area contributed by atoms with Crippen LogP contribution >= 0.6 is 11.6 Å². The van der Waals surface area contributed by atoms with E-state index in [1.54, 1.807) is 6.92 Å². The molecule has 0 atom stereocenters. The number of aromatic nitrogens is 4. The van der Waals surface area contributed by atoms with E-state index >= 15 is 0 Å². The van der Waals surface area contributed by atoms with Crippen LogP contribution in [-0.4, -0.2) is 32.4 Å². The molecule has 0 fully saturated rings. The number of carbonyl (C=O) groups excluding carboxylic acids is 1. The first-order chi connectivity index (χ1) is 8.19. The molecule has 0 radical (unpaired) electrons. The van der Waals surface area contributed by atoms with Gasteiger partial charge in [-0.2, -0.15) is 9.61 Å². The van der Waals surface area contributed by atoms with E-state index in [1.165, 1.54) is 6.20 Å². The van der Waals surface area contributed by atoms with Gasteiger partial charge in [-0.05, 0) is 6.92 Å². The highest BCUT2D eigenvalue weighted by Gasteiger charge is 2.19. The van der Waals surface area contributed by atoms with Gasteiger partial charge in [-0.3, -0.25) is 0 Å². The molecular formula is C9H6ClN5O2. The molecule has 86 valence electrons. The number of fused-ring (bicyclic) bond motifs is 1. The van der Waals surface area contributed by atoms with Gasteiger partial charge in [-0.1, -0.05) is 11.6 Å². The summed E-state index contributed by atoms with van der Waals surface area (Å²) in [6.45, 7) is 8.77. The Labute approximate surface area is 101 Å². The highest BCUT2D eigenvalue weighted by molar-refractivity contribution is 6.36. The molecule has 0 aliphatic rings. The summed E-state index contributed by atoms with van der Waals surface area (Å²) in [4.78, 5) is 14.7. The molecule has 17 heavy (non-hydrogen) atoms. The van der Waals surface area contributed by atoms with Crippen LogP contribution in [0.5, 0.6) is 0 Å². The molecule has 0 aromatic carbocycles. The number of halogens is 1. The maximum atomic E-state index is 11.5. The number of ether oxygens (including phenoxy) is 1. The van der Waals surface area contributed by atoms with E-state index in [4.69, 9.17) is 22.9 Å². The average Bonchev–Trinajstić information content (AvgIpc) is 2.74. The van der Waals surface area contributed by atoms with E-state index in [0.717, 1.165) is 4.52 Å². The smallest absolute Gasteiger partial charge is 0.378 e. The molecule has 0 saturated carbocycles. The molecule has 2 heterocycles. The van der Waals surface area contributed by atoms with Gasteiger partial charge < -0.3 is 4.74 Å². The highest BCUT2D eigenvalue weighted by atomic mass is 35.5. The molecule has 0 aliphatic heterocycles. The van der Waals surface area contributed by atoms with Crippen LogP contribution in [0, 0.1) is 6.57 Å². The van der Waals surface area contributed by atoms with Gasteiger partial charge in [0.2, 0.25) is 5.69 Å². The number of carbonyl (C=O) groups is 1. The Bertz CT molecular complexity index is 630. The molecule has 0 unspecified atom stereocenters. The Hall–Kier alpha value is -2.20. The zero-order chi connectivity index (χ0) is 12.4. The van der Waals surface area contributed by atoms with Crippen LogP contribution in [0.4, 0.5) is 5.69 Å². The summed E-state index contributed by atoms with van der Waals surface area (Å²) in [5.41, 5.74) is 0.310. The molecule has 0 bridgehead atoms. The van der Waals surface area contributed by atoms with E-state index in [0.29, 0.717) is 0 Å². The fourth-order valence-corrected chi connectivity index (χ4v) is 1.42. The Kier molecular flexibility index (Phi) is 2.89. The van der Waals surface area contributed by atoms with Crippen molar-refractivity contribution in [2.24, 2.45) is 0 Å². The topological polar surface area (TPSA) is 73.7 Å². The summed E-state index contributed by atoms with van der Waals surface area (Å²) in [5.74, 6) is -0.709. The second-order valence-corrected chi connectivity index (χ2v) is 3.31. The minimum Gasteiger partial charge on any atom is -0.460 e. The molecule has 0 N–H and O–H groups in total. The summed E-state index contributed by atoms with van der Waals surface area (Å²) in [6.07, 6.45) is 1.24. The number of esters is 1. The monoisotopic (exact) mass is 251 g/mol. The van der Waals surface area contributed by atoms with Crippen molar-refractivity contribution in [1.82, 2.24) is 19.8 Å². The summed E-state index contributed by atoms with van der Waals surface area (Å²) in [5, 5.41) is 11.3. The van der Waals surface area contributed by atoms with Gasteiger partial charge in [-0.15, -0.1) is 10.2 Å². The lowest BCUT2D eigenvalue weighted by Gasteiger charge is -2.00. The van der Waals surface area contributed by atoms with Gasteiger partial charge >= 0.3 is 5.97 Å². The molecule has 0 amide bonds. The van der Waals surface area contributed by atoms with Crippen molar-refractivity contribution in [2.45, 2.75) is 6.92 Å². The molecule has 0 aliphatic carbocycles. The number of hydrogen-bond acceptors (Lipinski definition) is 5. The van der Waals surface area contributed by atoms with Crippen LogP contribution in [0.15, 0.2) is 6.20 Å². The largest absolute Gasteiger partial charge is 0.460 e. The number of nitrogens with zero attached hydrogens (tertiary/aromatic N) is 5. The maximum Gasteiger partial charge on any atom is 0.378 e. The molecular weight excluding hydrogens is 246 g/mol. The fourth-order valence-electron chi connectivity index (χ4n) is 1.21. The first-order valence-corrected chi connectivity index (χ1v) is 5.01. The first kappa shape index (κ1) is 11.3. The van der Waals surface area contributed by atoms with Crippen LogP contribution in [0.25, 0.3) is 10.5 Å². The first-order valence-electron chi connectivity index (χ1n) is 4.63. The van der Waals surface area contributed by atoms with Crippen molar-refractivity contribution >= 4 is 28.9 Å². The SMILES string of the molecule is [C-]#[N+]c1cnn2c(C(=O)OCC)nnc2c1Cl. The zero-order valence-corrected chi connectivity index (χ0v) is 9.47. The molecule has 2 aromatic heterocycles. The Morgan fingerprint density at radius 3 is 3.06 bits per heavy atom. The van der Waals surface area contributed by atoms with E-state index in [-0.39, 0.29) is 28.8 Å². The van der Waals surface area contributed by atoms with Gasteiger partial charge in [0.25, 0.3) is 5.82 Å². The van der Waals surface area contributed by atoms with Gasteiger partial charge in [0.15, 0.2) is 5.65 Å². The summed E-state index contributed by atoms with van der Waals surface area (Å²) < 4.78 is 5.93. The van der Waals surface area contributed by atoms with Crippen LogP contribution in [-0.2, 0) is 4.74 Å². The van der Waals surface area contributed by atoms with Crippen molar-refractivity contribution in [2.75, 3.05) is 6.61 Å². The normalized spacial score (nSPS) is 10.2. The van der Waals surface area contributed by atoms with Crippen molar-refractivity contribution in [1.29, 1.82) is 0 Å². The van der Waals surface area contributed by atoms with E-state index in [1.807, 2.05) is 0 Å². The molecule has 2 aromatic rings. The summed E-state index contributed by atoms with van der Waals surface area (Å²) in [6, 6.07) is 0. The Balaban J connectivity index is 2.60. The van der Waals surface area contributed by atoms with Crippen molar-refractivity contribution in [3.8, 4) is 0 Å². The van der Waals surface area contributed by atoms with Gasteiger partial charge in [0.1, 0.15) is 0 Å². The number of hydrogen-bond donors (Lipinski definition) is 0. The van der Waals surface area contributed by atoms with Crippen molar-refractivity contribution < 1.29 is 9.53 Å². The van der Waals surface area contributed by atoms with E-state index in [9.17, 15) is 4.79 Å². The molecule has 0 saturated heterocycles. The third kappa shape index (κ3) is 1.79. The summed E-state index contributed by atoms with van der Waals surface area (Å²) in [7, 11) is 0. The fraction of sp³-hybridized carbons (Fsp3) is 0.222. The van der Waals surface area contributed by atoms with Crippen LogP contribution in [0.3, 0.4) is 0 Å². The second-order valence-electron chi connectivity index (χ2n) is 2.94. The van der Waals surface area contributed by atoms with Crippen molar-refractivity contribution in [3.63, 3.8) is 0 Å². The number of rotatable bonds is 2. The lowest BCUT2D eigenvalue weighted by molar-refractivity contribution is 0.0509. The lowest BCUT2D eigenvalue weighted by Crippen LogP contribution is -2.10. The third-order valence-electron chi connectivity index (χ3n) is 1.94. The molecule has 0 spiro atoms. The molecule has 8 heteroatoms. The van der Waals surface area contributed by atoms with Crippen LogP contribution in [0.1, 0.15) is 17.5 Å². The lowest BCUT2D eigenvalue weighted by atomic mass is 10.4. The standard InChI is InChI=1S/C9H6ClN5O2/c1-3-17-9(16)8-14-13-7-6(10)5(11-2)4-12-15(7)8/h4H,3H2,1H3. The predicted octanol–water partition coefficient (Wildman–Crippen LogP) is 1.51. The van der Waals surface area contributed by atoms with E-state index in [2.05, 4.69) is 20.1 Å². The second kappa shape index (κ2) is 4.35. The summed E-state index contributed by atoms with van der Waals surface area (Å²) >= 11 is 5.91. The minimum absolute atomic E-state index is 0.0692. The predicted molar refractivity (Wildman–Crippen MR) is 58.0 cm³/mol. The van der Waals surface area contributed by atoms with Gasteiger partial charge in [0, 0.05) is 0 Å². The highest BCUT2D eigenvalue weighted by Crippen LogP contribution is 2.27. The third-order valence-corrected chi connectivity index (χ3v) is 2.30. The zero-order valence-electron chi connectivity index (χ0n) is 8.71. The van der Waals surface area contributed by atoms with E-state index < -0.39 is 5.97 Å². The molecule has 7 nitrogen and oxygen atoms in total. The molecule has 2 rings (SSSR count).